The molecule has 1 fully saturated rings. The van der Waals surface area contributed by atoms with Crippen molar-refractivity contribution in [2.75, 3.05) is 0 Å². The van der Waals surface area contributed by atoms with Crippen molar-refractivity contribution in [3.63, 3.8) is 0 Å². The van der Waals surface area contributed by atoms with Gasteiger partial charge in [0, 0.05) is 10.5 Å². The molecule has 0 aromatic heterocycles. The topological polar surface area (TPSA) is 66.4 Å². The largest absolute Gasteiger partial charge is 0.480 e. The molecule has 1 aromatic rings. The molecule has 4 nitrogen and oxygen atoms in total. The Hall–Kier alpha value is -1.62. The van der Waals surface area contributed by atoms with E-state index in [1.807, 2.05) is 24.3 Å². The van der Waals surface area contributed by atoms with Gasteiger partial charge in [-0.3, -0.25) is 4.79 Å². The SMILES string of the molecule is O=C(/C=C/c1ccccc1Br)NC1(C(=O)O)CCCCC1. The average Bonchev–Trinajstić information content (AvgIpc) is 2.47. The van der Waals surface area contributed by atoms with E-state index in [2.05, 4.69) is 21.2 Å². The summed E-state index contributed by atoms with van der Waals surface area (Å²) < 4.78 is 0.889. The highest BCUT2D eigenvalue weighted by atomic mass is 79.9. The van der Waals surface area contributed by atoms with Crippen molar-refractivity contribution < 1.29 is 14.7 Å². The molecule has 0 radical (unpaired) electrons. The Labute approximate surface area is 132 Å². The van der Waals surface area contributed by atoms with Crippen molar-refractivity contribution in [2.24, 2.45) is 0 Å². The summed E-state index contributed by atoms with van der Waals surface area (Å²) in [6.45, 7) is 0. The van der Waals surface area contributed by atoms with E-state index in [1.54, 1.807) is 6.08 Å². The van der Waals surface area contributed by atoms with Gasteiger partial charge in [-0.25, -0.2) is 4.79 Å². The highest BCUT2D eigenvalue weighted by Gasteiger charge is 2.40. The summed E-state index contributed by atoms with van der Waals surface area (Å²) in [6, 6.07) is 7.53. The van der Waals surface area contributed by atoms with Gasteiger partial charge in [0.25, 0.3) is 0 Å². The zero-order valence-electron chi connectivity index (χ0n) is 11.6. The van der Waals surface area contributed by atoms with E-state index in [9.17, 15) is 14.7 Å². The fraction of sp³-hybridized carbons (Fsp3) is 0.375. The first kappa shape index (κ1) is 15.8. The second-order valence-electron chi connectivity index (χ2n) is 5.29. The molecule has 0 heterocycles. The first-order valence-corrected chi connectivity index (χ1v) is 7.81. The highest BCUT2D eigenvalue weighted by Crippen LogP contribution is 2.28. The quantitative estimate of drug-likeness (QED) is 0.817. The summed E-state index contributed by atoms with van der Waals surface area (Å²) in [7, 11) is 0. The van der Waals surface area contributed by atoms with Crippen molar-refractivity contribution in [3.8, 4) is 0 Å². The third-order valence-corrected chi connectivity index (χ3v) is 4.52. The molecule has 0 aliphatic heterocycles. The van der Waals surface area contributed by atoms with Crippen LogP contribution in [0, 0.1) is 0 Å². The van der Waals surface area contributed by atoms with Crippen LogP contribution in [-0.2, 0) is 9.59 Å². The van der Waals surface area contributed by atoms with Crippen molar-refractivity contribution >= 4 is 33.9 Å². The van der Waals surface area contributed by atoms with Crippen LogP contribution in [0.15, 0.2) is 34.8 Å². The number of carboxylic acids is 1. The number of carbonyl (C=O) groups excluding carboxylic acids is 1. The first-order chi connectivity index (χ1) is 10.0. The van der Waals surface area contributed by atoms with Gasteiger partial charge in [0.1, 0.15) is 5.54 Å². The predicted octanol–water partition coefficient (Wildman–Crippen LogP) is 3.37. The third kappa shape index (κ3) is 3.94. The number of nitrogens with one attached hydrogen (secondary N) is 1. The summed E-state index contributed by atoms with van der Waals surface area (Å²) in [6.07, 6.45) is 6.75. The fourth-order valence-electron chi connectivity index (χ4n) is 2.60. The van der Waals surface area contributed by atoms with Crippen molar-refractivity contribution in [2.45, 2.75) is 37.6 Å². The van der Waals surface area contributed by atoms with Crippen LogP contribution in [0.4, 0.5) is 0 Å². The minimum absolute atomic E-state index is 0.366. The van der Waals surface area contributed by atoms with Gasteiger partial charge in [0.15, 0.2) is 0 Å². The lowest BCUT2D eigenvalue weighted by molar-refractivity contribution is -0.148. The molecular formula is C16H18BrNO3. The van der Waals surface area contributed by atoms with Crippen LogP contribution in [0.5, 0.6) is 0 Å². The monoisotopic (exact) mass is 351 g/mol. The maximum absolute atomic E-state index is 12.0. The molecule has 2 rings (SSSR count). The van der Waals surface area contributed by atoms with Gasteiger partial charge >= 0.3 is 5.97 Å². The molecule has 0 atom stereocenters. The van der Waals surface area contributed by atoms with E-state index >= 15 is 0 Å². The van der Waals surface area contributed by atoms with Crippen LogP contribution < -0.4 is 5.32 Å². The van der Waals surface area contributed by atoms with Gasteiger partial charge in [-0.2, -0.15) is 0 Å². The lowest BCUT2D eigenvalue weighted by atomic mass is 9.81. The zero-order chi connectivity index (χ0) is 15.3. The Kier molecular flexibility index (Phi) is 5.17. The Morgan fingerprint density at radius 2 is 1.86 bits per heavy atom. The molecule has 1 aliphatic rings. The molecule has 0 saturated heterocycles. The van der Waals surface area contributed by atoms with Gasteiger partial charge in [-0.05, 0) is 30.5 Å². The molecule has 2 N–H and O–H groups in total. The highest BCUT2D eigenvalue weighted by molar-refractivity contribution is 9.10. The Morgan fingerprint density at radius 1 is 1.19 bits per heavy atom. The van der Waals surface area contributed by atoms with Gasteiger partial charge in [0.2, 0.25) is 5.91 Å². The van der Waals surface area contributed by atoms with E-state index in [-0.39, 0.29) is 5.91 Å². The number of aliphatic carboxylic acids is 1. The number of rotatable bonds is 4. The number of hydrogen-bond acceptors (Lipinski definition) is 2. The van der Waals surface area contributed by atoms with Crippen LogP contribution in [0.2, 0.25) is 0 Å². The number of amides is 1. The second-order valence-corrected chi connectivity index (χ2v) is 6.15. The second kappa shape index (κ2) is 6.89. The molecule has 21 heavy (non-hydrogen) atoms. The van der Waals surface area contributed by atoms with Gasteiger partial charge in [-0.1, -0.05) is 53.4 Å². The molecule has 0 unspecified atom stereocenters. The zero-order valence-corrected chi connectivity index (χ0v) is 13.2. The Morgan fingerprint density at radius 3 is 2.48 bits per heavy atom. The van der Waals surface area contributed by atoms with E-state index in [0.29, 0.717) is 12.8 Å². The fourth-order valence-corrected chi connectivity index (χ4v) is 3.02. The maximum Gasteiger partial charge on any atom is 0.329 e. The molecule has 1 amide bonds. The number of halogens is 1. The van der Waals surface area contributed by atoms with E-state index in [0.717, 1.165) is 29.3 Å². The number of hydrogen-bond donors (Lipinski definition) is 2. The predicted molar refractivity (Wildman–Crippen MR) is 84.8 cm³/mol. The smallest absolute Gasteiger partial charge is 0.329 e. The minimum Gasteiger partial charge on any atom is -0.480 e. The summed E-state index contributed by atoms with van der Waals surface area (Å²) in [5.41, 5.74) is -0.228. The molecular weight excluding hydrogens is 334 g/mol. The van der Waals surface area contributed by atoms with E-state index in [1.165, 1.54) is 6.08 Å². The lowest BCUT2D eigenvalue weighted by Crippen LogP contribution is -2.55. The average molecular weight is 352 g/mol. The molecule has 0 spiro atoms. The molecule has 1 aliphatic carbocycles. The number of carbonyl (C=O) groups is 2. The molecule has 0 bridgehead atoms. The van der Waals surface area contributed by atoms with Crippen LogP contribution in [-0.4, -0.2) is 22.5 Å². The van der Waals surface area contributed by atoms with Crippen molar-refractivity contribution in [3.05, 3.63) is 40.4 Å². The van der Waals surface area contributed by atoms with Crippen LogP contribution >= 0.6 is 15.9 Å². The van der Waals surface area contributed by atoms with E-state index < -0.39 is 11.5 Å². The number of benzene rings is 1. The van der Waals surface area contributed by atoms with Crippen molar-refractivity contribution in [1.29, 1.82) is 0 Å². The number of carboxylic acid groups (broad SMARTS) is 1. The summed E-state index contributed by atoms with van der Waals surface area (Å²) in [4.78, 5) is 23.5. The van der Waals surface area contributed by atoms with Crippen LogP contribution in [0.25, 0.3) is 6.08 Å². The summed E-state index contributed by atoms with van der Waals surface area (Å²) >= 11 is 3.40. The maximum atomic E-state index is 12.0. The van der Waals surface area contributed by atoms with E-state index in [4.69, 9.17) is 0 Å². The molecule has 1 aromatic carbocycles. The van der Waals surface area contributed by atoms with Crippen molar-refractivity contribution in [1.82, 2.24) is 5.32 Å². The molecule has 112 valence electrons. The molecule has 1 saturated carbocycles. The van der Waals surface area contributed by atoms with Crippen LogP contribution in [0.3, 0.4) is 0 Å². The van der Waals surface area contributed by atoms with Crippen LogP contribution in [0.1, 0.15) is 37.7 Å². The first-order valence-electron chi connectivity index (χ1n) is 7.02. The summed E-state index contributed by atoms with van der Waals surface area (Å²) in [5.74, 6) is -1.31. The lowest BCUT2D eigenvalue weighted by Gasteiger charge is -2.33. The van der Waals surface area contributed by atoms with Gasteiger partial charge in [-0.15, -0.1) is 0 Å². The Balaban J connectivity index is 2.06. The van der Waals surface area contributed by atoms with Gasteiger partial charge in [0.05, 0.1) is 0 Å². The Bertz CT molecular complexity index is 562. The van der Waals surface area contributed by atoms with Gasteiger partial charge < -0.3 is 10.4 Å². The summed E-state index contributed by atoms with van der Waals surface area (Å²) in [5, 5.41) is 12.1. The molecule has 5 heteroatoms. The third-order valence-electron chi connectivity index (χ3n) is 3.80. The minimum atomic E-state index is -1.10. The normalized spacial score (nSPS) is 17.6. The standard InChI is InChI=1S/C16H18BrNO3/c17-13-7-3-2-6-12(13)8-9-14(19)18-16(15(20)21)10-4-1-5-11-16/h2-3,6-9H,1,4-5,10-11H2,(H,18,19)(H,20,21)/b9-8+.